The third-order valence-corrected chi connectivity index (χ3v) is 4.76. The molecule has 0 bridgehead atoms. The maximum Gasteiger partial charge on any atom is -0.00203 e. The average molecular weight is 243 g/mol. The molecule has 1 heteroatoms. The highest BCUT2D eigenvalue weighted by Gasteiger charge is 2.23. The van der Waals surface area contributed by atoms with Gasteiger partial charge in [-0.1, -0.05) is 30.7 Å². The zero-order chi connectivity index (χ0) is 12.2. The van der Waals surface area contributed by atoms with Gasteiger partial charge in [-0.3, -0.25) is 0 Å². The quantitative estimate of drug-likeness (QED) is 0.831. The van der Waals surface area contributed by atoms with E-state index in [0.29, 0.717) is 0 Å². The Hall–Kier alpha value is -0.820. The lowest BCUT2D eigenvalue weighted by Gasteiger charge is -2.28. The van der Waals surface area contributed by atoms with Crippen LogP contribution in [0.25, 0.3) is 0 Å². The lowest BCUT2D eigenvalue weighted by molar-refractivity contribution is 0.380. The van der Waals surface area contributed by atoms with E-state index in [4.69, 9.17) is 0 Å². The molecule has 2 unspecified atom stereocenters. The summed E-state index contributed by atoms with van der Waals surface area (Å²) in [4.78, 5) is 0. The van der Waals surface area contributed by atoms with Crippen LogP contribution in [0.15, 0.2) is 24.3 Å². The minimum absolute atomic E-state index is 0.833. The van der Waals surface area contributed by atoms with Crippen LogP contribution in [0.4, 0.5) is 0 Å². The Labute approximate surface area is 111 Å². The van der Waals surface area contributed by atoms with Crippen LogP contribution in [0.3, 0.4) is 0 Å². The second kappa shape index (κ2) is 5.88. The molecule has 1 aromatic carbocycles. The summed E-state index contributed by atoms with van der Waals surface area (Å²) in [5.41, 5.74) is 3.28. The molecule has 0 saturated carbocycles. The smallest absolute Gasteiger partial charge is 0.00203 e. The van der Waals surface area contributed by atoms with Gasteiger partial charge in [-0.25, -0.2) is 0 Å². The normalized spacial score (nSPS) is 28.4. The highest BCUT2D eigenvalue weighted by atomic mass is 14.9. The minimum Gasteiger partial charge on any atom is -0.316 e. The van der Waals surface area contributed by atoms with Crippen molar-refractivity contribution in [1.82, 2.24) is 5.32 Å². The van der Waals surface area contributed by atoms with Crippen molar-refractivity contribution in [2.75, 3.05) is 13.1 Å². The van der Waals surface area contributed by atoms with E-state index >= 15 is 0 Å². The predicted molar refractivity (Wildman–Crippen MR) is 76.9 cm³/mol. The van der Waals surface area contributed by atoms with Crippen LogP contribution in [0.1, 0.15) is 55.6 Å². The van der Waals surface area contributed by atoms with Gasteiger partial charge in [0.05, 0.1) is 0 Å². The van der Waals surface area contributed by atoms with E-state index in [2.05, 4.69) is 29.6 Å². The van der Waals surface area contributed by atoms with Gasteiger partial charge in [0, 0.05) is 0 Å². The minimum atomic E-state index is 0.833. The van der Waals surface area contributed by atoms with E-state index < -0.39 is 0 Å². The van der Waals surface area contributed by atoms with Gasteiger partial charge in [0.15, 0.2) is 0 Å². The molecule has 1 nitrogen and oxygen atoms in total. The van der Waals surface area contributed by atoms with E-state index in [0.717, 1.165) is 11.8 Å². The van der Waals surface area contributed by atoms with Crippen molar-refractivity contribution in [3.8, 4) is 0 Å². The molecule has 1 aromatic rings. The molecule has 1 aliphatic heterocycles. The fraction of sp³-hybridized carbons (Fsp3) is 0.647. The van der Waals surface area contributed by atoms with Crippen molar-refractivity contribution in [2.24, 2.45) is 5.92 Å². The maximum atomic E-state index is 3.61. The standard InChI is InChI=1S/C17H25N/c1-2-10-17-15(7-1)8-5-9-16(17)12-14-6-3-4-11-18-13-14/h1-2,7,10,14,16,18H,3-6,8-9,11-13H2. The molecule has 0 aromatic heterocycles. The fourth-order valence-corrected chi connectivity index (χ4v) is 3.79. The van der Waals surface area contributed by atoms with Crippen LogP contribution in [-0.2, 0) is 6.42 Å². The summed E-state index contributed by atoms with van der Waals surface area (Å²) >= 11 is 0. The zero-order valence-corrected chi connectivity index (χ0v) is 11.3. The van der Waals surface area contributed by atoms with Gasteiger partial charge in [-0.15, -0.1) is 0 Å². The number of benzene rings is 1. The Bertz CT molecular complexity index is 377. The number of hydrogen-bond acceptors (Lipinski definition) is 1. The number of rotatable bonds is 2. The van der Waals surface area contributed by atoms with Gasteiger partial charge >= 0.3 is 0 Å². The first kappa shape index (κ1) is 12.2. The van der Waals surface area contributed by atoms with Crippen molar-refractivity contribution in [1.29, 1.82) is 0 Å². The average Bonchev–Trinajstić information content (AvgIpc) is 2.68. The van der Waals surface area contributed by atoms with Crippen LogP contribution in [0.5, 0.6) is 0 Å². The largest absolute Gasteiger partial charge is 0.316 e. The Balaban J connectivity index is 1.69. The van der Waals surface area contributed by atoms with E-state index in [1.807, 2.05) is 0 Å². The molecule has 1 N–H and O–H groups in total. The lowest BCUT2D eigenvalue weighted by Crippen LogP contribution is -2.23. The van der Waals surface area contributed by atoms with Crippen LogP contribution in [0, 0.1) is 5.92 Å². The molecule has 1 heterocycles. The number of hydrogen-bond donors (Lipinski definition) is 1. The molecule has 1 saturated heterocycles. The first-order chi connectivity index (χ1) is 8.93. The molecular formula is C17H25N. The molecule has 2 aliphatic rings. The lowest BCUT2D eigenvalue weighted by atomic mass is 9.77. The van der Waals surface area contributed by atoms with E-state index in [1.54, 1.807) is 11.1 Å². The Kier molecular flexibility index (Phi) is 3.99. The van der Waals surface area contributed by atoms with Crippen molar-refractivity contribution in [2.45, 2.75) is 50.9 Å². The van der Waals surface area contributed by atoms with E-state index in [9.17, 15) is 0 Å². The summed E-state index contributed by atoms with van der Waals surface area (Å²) in [6.45, 7) is 2.48. The van der Waals surface area contributed by atoms with Crippen LogP contribution >= 0.6 is 0 Å². The van der Waals surface area contributed by atoms with Crippen LogP contribution < -0.4 is 5.32 Å². The van der Waals surface area contributed by atoms with Gasteiger partial charge < -0.3 is 5.32 Å². The van der Waals surface area contributed by atoms with Crippen molar-refractivity contribution >= 4 is 0 Å². The second-order valence-corrected chi connectivity index (χ2v) is 6.09. The molecule has 1 fully saturated rings. The first-order valence-corrected chi connectivity index (χ1v) is 7.72. The molecule has 0 radical (unpaired) electrons. The molecule has 18 heavy (non-hydrogen) atoms. The second-order valence-electron chi connectivity index (χ2n) is 6.09. The SMILES string of the molecule is c1ccc2c(c1)CCCC2CC1CCCCNC1. The first-order valence-electron chi connectivity index (χ1n) is 7.72. The summed E-state index contributed by atoms with van der Waals surface area (Å²) < 4.78 is 0. The Morgan fingerprint density at radius 3 is 3.00 bits per heavy atom. The maximum absolute atomic E-state index is 3.61. The van der Waals surface area contributed by atoms with E-state index in [-0.39, 0.29) is 0 Å². The van der Waals surface area contributed by atoms with Crippen LogP contribution in [-0.4, -0.2) is 13.1 Å². The molecule has 0 amide bonds. The fourth-order valence-electron chi connectivity index (χ4n) is 3.79. The molecular weight excluding hydrogens is 218 g/mol. The third kappa shape index (κ3) is 2.77. The van der Waals surface area contributed by atoms with Gasteiger partial charge in [-0.2, -0.15) is 0 Å². The third-order valence-electron chi connectivity index (χ3n) is 4.76. The monoisotopic (exact) mass is 243 g/mol. The summed E-state index contributed by atoms with van der Waals surface area (Å²) in [5, 5.41) is 3.61. The molecule has 1 aliphatic carbocycles. The summed E-state index contributed by atoms with van der Waals surface area (Å²) in [6.07, 6.45) is 9.74. The summed E-state index contributed by atoms with van der Waals surface area (Å²) in [6, 6.07) is 9.15. The van der Waals surface area contributed by atoms with Gasteiger partial charge in [0.1, 0.15) is 0 Å². The van der Waals surface area contributed by atoms with Crippen LogP contribution in [0.2, 0.25) is 0 Å². The predicted octanol–water partition coefficient (Wildman–Crippen LogP) is 3.89. The van der Waals surface area contributed by atoms with Gasteiger partial charge in [0.2, 0.25) is 0 Å². The van der Waals surface area contributed by atoms with Crippen molar-refractivity contribution < 1.29 is 0 Å². The Morgan fingerprint density at radius 1 is 1.06 bits per heavy atom. The number of aryl methyl sites for hydroxylation is 1. The molecule has 2 atom stereocenters. The molecule has 98 valence electrons. The van der Waals surface area contributed by atoms with E-state index in [1.165, 1.54) is 58.0 Å². The number of nitrogens with one attached hydrogen (secondary N) is 1. The summed E-state index contributed by atoms with van der Waals surface area (Å²) in [5.74, 6) is 1.74. The van der Waals surface area contributed by atoms with Gasteiger partial charge in [0.25, 0.3) is 0 Å². The highest BCUT2D eigenvalue weighted by molar-refractivity contribution is 5.32. The molecule has 0 spiro atoms. The van der Waals surface area contributed by atoms with Gasteiger partial charge in [-0.05, 0) is 74.6 Å². The molecule has 3 rings (SSSR count). The highest BCUT2D eigenvalue weighted by Crippen LogP contribution is 2.37. The van der Waals surface area contributed by atoms with Crippen molar-refractivity contribution in [3.63, 3.8) is 0 Å². The van der Waals surface area contributed by atoms with Crippen molar-refractivity contribution in [3.05, 3.63) is 35.4 Å². The zero-order valence-electron chi connectivity index (χ0n) is 11.3. The summed E-state index contributed by atoms with van der Waals surface area (Å²) in [7, 11) is 0. The Morgan fingerprint density at radius 2 is 2.00 bits per heavy atom. The topological polar surface area (TPSA) is 12.0 Å². The number of fused-ring (bicyclic) bond motifs is 1.